The number of aryl methyl sites for hydroxylation is 1. The zero-order valence-electron chi connectivity index (χ0n) is 15.6. The summed E-state index contributed by atoms with van der Waals surface area (Å²) >= 11 is 0. The molecule has 3 rings (SSSR count). The molecular formula is C19H22FN3O4. The van der Waals surface area contributed by atoms with Gasteiger partial charge in [-0.2, -0.15) is 5.10 Å². The van der Waals surface area contributed by atoms with Gasteiger partial charge in [0, 0.05) is 13.1 Å². The van der Waals surface area contributed by atoms with Crippen LogP contribution in [-0.4, -0.2) is 59.0 Å². The Hall–Kier alpha value is -2.74. The Morgan fingerprint density at radius 3 is 2.67 bits per heavy atom. The zero-order valence-corrected chi connectivity index (χ0v) is 15.6. The van der Waals surface area contributed by atoms with Crippen LogP contribution in [0.3, 0.4) is 0 Å². The molecule has 1 amide bonds. The summed E-state index contributed by atoms with van der Waals surface area (Å²) in [6, 6.07) is 5.80. The molecule has 1 aliphatic heterocycles. The highest BCUT2D eigenvalue weighted by Gasteiger charge is 2.25. The zero-order chi connectivity index (χ0) is 19.6. The molecule has 1 atom stereocenters. The second kappa shape index (κ2) is 7.87. The molecule has 1 aromatic heterocycles. The van der Waals surface area contributed by atoms with Crippen molar-refractivity contribution >= 4 is 11.9 Å². The van der Waals surface area contributed by atoms with E-state index in [2.05, 4.69) is 5.10 Å². The van der Waals surface area contributed by atoms with E-state index in [1.807, 2.05) is 6.92 Å². The van der Waals surface area contributed by atoms with E-state index in [4.69, 9.17) is 9.47 Å². The molecule has 8 heteroatoms. The second-order valence-electron chi connectivity index (χ2n) is 6.53. The van der Waals surface area contributed by atoms with Crippen LogP contribution in [-0.2, 0) is 14.3 Å². The molecule has 0 radical (unpaired) electrons. The summed E-state index contributed by atoms with van der Waals surface area (Å²) < 4.78 is 25.3. The van der Waals surface area contributed by atoms with Gasteiger partial charge in [0.15, 0.2) is 6.61 Å². The van der Waals surface area contributed by atoms with Gasteiger partial charge in [-0.3, -0.25) is 4.79 Å². The van der Waals surface area contributed by atoms with E-state index in [0.29, 0.717) is 42.3 Å². The van der Waals surface area contributed by atoms with E-state index >= 15 is 0 Å². The number of ether oxygens (including phenoxy) is 2. The molecule has 1 aliphatic rings. The SMILES string of the molecule is Cc1nn(-c2ccc(F)cc2)c(C)c1C(=O)OCC(=O)N1CCOC(C)C1. The minimum Gasteiger partial charge on any atom is -0.452 e. The highest BCUT2D eigenvalue weighted by Crippen LogP contribution is 2.19. The van der Waals surface area contributed by atoms with Crippen LogP contribution in [0.1, 0.15) is 28.7 Å². The van der Waals surface area contributed by atoms with E-state index < -0.39 is 5.97 Å². The maximum atomic E-state index is 13.1. The number of halogens is 1. The standard InChI is InChI=1S/C19H22FN3O4/c1-12-10-22(8-9-26-12)17(24)11-27-19(25)18-13(2)21-23(14(18)3)16-6-4-15(20)5-7-16/h4-7,12H,8-11H2,1-3H3. The number of nitrogens with zero attached hydrogens (tertiary/aromatic N) is 3. The average Bonchev–Trinajstić information content (AvgIpc) is 2.94. The quantitative estimate of drug-likeness (QED) is 0.765. The van der Waals surface area contributed by atoms with Crippen LogP contribution >= 0.6 is 0 Å². The lowest BCUT2D eigenvalue weighted by molar-refractivity contribution is -0.141. The lowest BCUT2D eigenvalue weighted by Gasteiger charge is -2.30. The molecule has 1 unspecified atom stereocenters. The Labute approximate surface area is 156 Å². The van der Waals surface area contributed by atoms with Crippen molar-refractivity contribution in [3.8, 4) is 5.69 Å². The van der Waals surface area contributed by atoms with Crippen LogP contribution in [0, 0.1) is 19.7 Å². The fourth-order valence-electron chi connectivity index (χ4n) is 3.11. The number of rotatable bonds is 4. The summed E-state index contributed by atoms with van der Waals surface area (Å²) in [5.41, 5.74) is 1.99. The number of carbonyl (C=O) groups is 2. The van der Waals surface area contributed by atoms with Crippen molar-refractivity contribution in [2.24, 2.45) is 0 Å². The largest absolute Gasteiger partial charge is 0.452 e. The first-order valence-electron chi connectivity index (χ1n) is 8.75. The van der Waals surface area contributed by atoms with Crippen LogP contribution in [0.4, 0.5) is 4.39 Å². The fourth-order valence-corrected chi connectivity index (χ4v) is 3.11. The number of carbonyl (C=O) groups excluding carboxylic acids is 2. The normalized spacial score (nSPS) is 17.0. The van der Waals surface area contributed by atoms with E-state index in [0.717, 1.165) is 0 Å². The van der Waals surface area contributed by atoms with Crippen molar-refractivity contribution in [2.75, 3.05) is 26.3 Å². The summed E-state index contributed by atoms with van der Waals surface area (Å²) in [7, 11) is 0. The maximum Gasteiger partial charge on any atom is 0.342 e. The van der Waals surface area contributed by atoms with Crippen molar-refractivity contribution in [3.05, 3.63) is 47.0 Å². The van der Waals surface area contributed by atoms with Gasteiger partial charge in [-0.25, -0.2) is 13.9 Å². The average molecular weight is 375 g/mol. The summed E-state index contributed by atoms with van der Waals surface area (Å²) in [5.74, 6) is -1.20. The Morgan fingerprint density at radius 1 is 1.30 bits per heavy atom. The molecule has 1 aromatic carbocycles. The van der Waals surface area contributed by atoms with Crippen molar-refractivity contribution in [3.63, 3.8) is 0 Å². The smallest absolute Gasteiger partial charge is 0.342 e. The minimum atomic E-state index is -0.604. The number of hydrogen-bond acceptors (Lipinski definition) is 5. The molecule has 2 aromatic rings. The molecule has 1 fully saturated rings. The predicted octanol–water partition coefficient (Wildman–Crippen LogP) is 2.03. The van der Waals surface area contributed by atoms with Crippen LogP contribution < -0.4 is 0 Å². The second-order valence-corrected chi connectivity index (χ2v) is 6.53. The number of hydrogen-bond donors (Lipinski definition) is 0. The third-order valence-corrected chi connectivity index (χ3v) is 4.49. The Balaban J connectivity index is 1.70. The third kappa shape index (κ3) is 4.16. The Kier molecular flexibility index (Phi) is 5.55. The van der Waals surface area contributed by atoms with E-state index in [1.165, 1.54) is 12.1 Å². The first kappa shape index (κ1) is 19.0. The summed E-state index contributed by atoms with van der Waals surface area (Å²) in [6.45, 7) is 6.43. The van der Waals surface area contributed by atoms with E-state index in [-0.39, 0.29) is 24.4 Å². The van der Waals surface area contributed by atoms with E-state index in [1.54, 1.807) is 35.6 Å². The fraction of sp³-hybridized carbons (Fsp3) is 0.421. The summed E-state index contributed by atoms with van der Waals surface area (Å²) in [6.07, 6.45) is -0.0307. The van der Waals surface area contributed by atoms with Gasteiger partial charge in [-0.05, 0) is 45.0 Å². The van der Waals surface area contributed by atoms with Crippen molar-refractivity contribution in [1.82, 2.24) is 14.7 Å². The lowest BCUT2D eigenvalue weighted by atomic mass is 10.2. The van der Waals surface area contributed by atoms with Gasteiger partial charge >= 0.3 is 5.97 Å². The number of amides is 1. The van der Waals surface area contributed by atoms with Crippen molar-refractivity contribution in [2.45, 2.75) is 26.9 Å². The van der Waals surface area contributed by atoms with Gasteiger partial charge in [0.1, 0.15) is 11.4 Å². The Morgan fingerprint density at radius 2 is 2.00 bits per heavy atom. The highest BCUT2D eigenvalue weighted by molar-refractivity contribution is 5.93. The monoisotopic (exact) mass is 375 g/mol. The van der Waals surface area contributed by atoms with E-state index in [9.17, 15) is 14.0 Å². The van der Waals surface area contributed by atoms with Crippen molar-refractivity contribution in [1.29, 1.82) is 0 Å². The third-order valence-electron chi connectivity index (χ3n) is 4.49. The van der Waals surface area contributed by atoms with Crippen LogP contribution in [0.15, 0.2) is 24.3 Å². The molecule has 2 heterocycles. The molecule has 0 N–H and O–H groups in total. The molecule has 7 nitrogen and oxygen atoms in total. The number of morpholine rings is 1. The molecule has 0 aliphatic carbocycles. The predicted molar refractivity (Wildman–Crippen MR) is 95.3 cm³/mol. The van der Waals surface area contributed by atoms with Gasteiger partial charge < -0.3 is 14.4 Å². The summed E-state index contributed by atoms with van der Waals surface area (Å²) in [5, 5.41) is 4.34. The van der Waals surface area contributed by atoms with Gasteiger partial charge in [0.25, 0.3) is 5.91 Å². The maximum absolute atomic E-state index is 13.1. The molecular weight excluding hydrogens is 353 g/mol. The van der Waals surface area contributed by atoms with Crippen LogP contribution in [0.2, 0.25) is 0 Å². The van der Waals surface area contributed by atoms with Crippen LogP contribution in [0.25, 0.3) is 5.69 Å². The number of aromatic nitrogens is 2. The number of benzene rings is 1. The molecule has 144 valence electrons. The minimum absolute atomic E-state index is 0.0307. The highest BCUT2D eigenvalue weighted by atomic mass is 19.1. The molecule has 1 saturated heterocycles. The molecule has 0 spiro atoms. The first-order chi connectivity index (χ1) is 12.9. The summed E-state index contributed by atoms with van der Waals surface area (Å²) in [4.78, 5) is 26.4. The Bertz CT molecular complexity index is 847. The van der Waals surface area contributed by atoms with Crippen LogP contribution in [0.5, 0.6) is 0 Å². The van der Waals surface area contributed by atoms with Gasteiger partial charge in [0.2, 0.25) is 0 Å². The molecule has 0 bridgehead atoms. The van der Waals surface area contributed by atoms with Crippen molar-refractivity contribution < 1.29 is 23.5 Å². The molecule has 0 saturated carbocycles. The topological polar surface area (TPSA) is 73.7 Å². The van der Waals surface area contributed by atoms with Gasteiger partial charge in [0.05, 0.1) is 29.8 Å². The lowest BCUT2D eigenvalue weighted by Crippen LogP contribution is -2.46. The van der Waals surface area contributed by atoms with Gasteiger partial charge in [-0.15, -0.1) is 0 Å². The first-order valence-corrected chi connectivity index (χ1v) is 8.75. The van der Waals surface area contributed by atoms with Gasteiger partial charge in [-0.1, -0.05) is 0 Å². The molecule has 27 heavy (non-hydrogen) atoms. The number of esters is 1.